The summed E-state index contributed by atoms with van der Waals surface area (Å²) in [6.45, 7) is 1.64. The average Bonchev–Trinajstić information content (AvgIpc) is 2.81. The molecule has 1 aliphatic rings. The number of rotatable bonds is 5. The standard InChI is InChI=1S/C13H18N2O4.ClH/c16-10-1-3-11(4-2-10)19-8-13(18)15-6-9-5-14-7-12(9)17;/h1-4,9,12,14,16-17H,5-8H2,(H,15,18);1H. The smallest absolute Gasteiger partial charge is 0.257 e. The number of ether oxygens (including phenoxy) is 1. The van der Waals surface area contributed by atoms with E-state index in [1.807, 2.05) is 0 Å². The molecule has 4 N–H and O–H groups in total. The summed E-state index contributed by atoms with van der Waals surface area (Å²) in [5.41, 5.74) is 0. The molecule has 112 valence electrons. The molecule has 2 atom stereocenters. The van der Waals surface area contributed by atoms with Gasteiger partial charge in [0.1, 0.15) is 11.5 Å². The molecule has 1 amide bonds. The second kappa shape index (κ2) is 7.94. The first-order valence-corrected chi connectivity index (χ1v) is 6.22. The summed E-state index contributed by atoms with van der Waals surface area (Å²) in [5.74, 6) is 0.500. The average molecular weight is 303 g/mol. The summed E-state index contributed by atoms with van der Waals surface area (Å²) >= 11 is 0. The molecule has 0 bridgehead atoms. The predicted octanol–water partition coefficient (Wildman–Crippen LogP) is -0.111. The molecule has 6 nitrogen and oxygen atoms in total. The van der Waals surface area contributed by atoms with Gasteiger partial charge in [0, 0.05) is 25.6 Å². The van der Waals surface area contributed by atoms with Crippen molar-refractivity contribution in [1.29, 1.82) is 0 Å². The van der Waals surface area contributed by atoms with Gasteiger partial charge in [-0.15, -0.1) is 12.4 Å². The van der Waals surface area contributed by atoms with Crippen LogP contribution in [0.25, 0.3) is 0 Å². The van der Waals surface area contributed by atoms with Crippen molar-refractivity contribution >= 4 is 18.3 Å². The number of carbonyl (C=O) groups excluding carboxylic acids is 1. The molecule has 1 aromatic rings. The van der Waals surface area contributed by atoms with E-state index < -0.39 is 6.10 Å². The largest absolute Gasteiger partial charge is 0.508 e. The first-order chi connectivity index (χ1) is 9.15. The molecule has 1 heterocycles. The lowest BCUT2D eigenvalue weighted by Gasteiger charge is -2.14. The summed E-state index contributed by atoms with van der Waals surface area (Å²) in [6.07, 6.45) is -0.404. The summed E-state index contributed by atoms with van der Waals surface area (Å²) < 4.78 is 5.26. The summed E-state index contributed by atoms with van der Waals surface area (Å²) in [4.78, 5) is 11.6. The Kier molecular flexibility index (Phi) is 6.57. The van der Waals surface area contributed by atoms with Gasteiger partial charge < -0.3 is 25.6 Å². The Morgan fingerprint density at radius 1 is 1.35 bits per heavy atom. The maximum Gasteiger partial charge on any atom is 0.257 e. The van der Waals surface area contributed by atoms with Gasteiger partial charge in [0.25, 0.3) is 5.91 Å². The monoisotopic (exact) mass is 302 g/mol. The second-order valence-electron chi connectivity index (χ2n) is 4.57. The lowest BCUT2D eigenvalue weighted by Crippen LogP contribution is -2.36. The van der Waals surface area contributed by atoms with Crippen LogP contribution in [0.1, 0.15) is 0 Å². The van der Waals surface area contributed by atoms with Gasteiger partial charge in [-0.3, -0.25) is 4.79 Å². The predicted molar refractivity (Wildman–Crippen MR) is 76.2 cm³/mol. The molecule has 1 saturated heterocycles. The third-order valence-corrected chi connectivity index (χ3v) is 3.07. The number of carbonyl (C=O) groups is 1. The Labute approximate surface area is 123 Å². The highest BCUT2D eigenvalue weighted by Gasteiger charge is 2.24. The lowest BCUT2D eigenvalue weighted by molar-refractivity contribution is -0.123. The number of halogens is 1. The van der Waals surface area contributed by atoms with Crippen molar-refractivity contribution in [3.05, 3.63) is 24.3 Å². The van der Waals surface area contributed by atoms with Crippen LogP contribution in [-0.4, -0.2) is 48.5 Å². The Hall–Kier alpha value is -1.50. The number of aromatic hydroxyl groups is 1. The molecule has 7 heteroatoms. The van der Waals surface area contributed by atoms with Crippen LogP contribution in [0, 0.1) is 5.92 Å². The first kappa shape index (κ1) is 16.6. The van der Waals surface area contributed by atoms with Crippen molar-refractivity contribution in [3.8, 4) is 11.5 Å². The van der Waals surface area contributed by atoms with E-state index >= 15 is 0 Å². The number of aliphatic hydroxyl groups is 1. The van der Waals surface area contributed by atoms with Crippen LogP contribution >= 0.6 is 12.4 Å². The number of hydrogen-bond acceptors (Lipinski definition) is 5. The van der Waals surface area contributed by atoms with E-state index in [0.717, 1.165) is 0 Å². The lowest BCUT2D eigenvalue weighted by atomic mass is 10.1. The summed E-state index contributed by atoms with van der Waals surface area (Å²) in [5, 5.41) is 24.4. The zero-order valence-electron chi connectivity index (χ0n) is 10.9. The van der Waals surface area contributed by atoms with Crippen LogP contribution in [0.4, 0.5) is 0 Å². The van der Waals surface area contributed by atoms with Crippen molar-refractivity contribution in [2.45, 2.75) is 6.10 Å². The van der Waals surface area contributed by atoms with Crippen LogP contribution in [0.15, 0.2) is 24.3 Å². The fourth-order valence-corrected chi connectivity index (χ4v) is 1.91. The van der Waals surface area contributed by atoms with Gasteiger partial charge in [-0.1, -0.05) is 0 Å². The normalized spacial score (nSPS) is 21.1. The minimum atomic E-state index is -0.404. The maximum atomic E-state index is 11.6. The minimum absolute atomic E-state index is 0. The third-order valence-electron chi connectivity index (χ3n) is 3.07. The van der Waals surface area contributed by atoms with E-state index in [4.69, 9.17) is 9.84 Å². The fourth-order valence-electron chi connectivity index (χ4n) is 1.91. The Morgan fingerprint density at radius 2 is 2.05 bits per heavy atom. The highest BCUT2D eigenvalue weighted by Crippen LogP contribution is 2.15. The van der Waals surface area contributed by atoms with Gasteiger partial charge in [-0.05, 0) is 24.3 Å². The van der Waals surface area contributed by atoms with Crippen LogP contribution in [0.5, 0.6) is 11.5 Å². The van der Waals surface area contributed by atoms with Crippen LogP contribution < -0.4 is 15.4 Å². The van der Waals surface area contributed by atoms with Gasteiger partial charge in [-0.25, -0.2) is 0 Å². The number of β-amino-alcohol motifs (C(OH)–C–C–N with tert-alkyl or cyclic N) is 1. The Bertz CT molecular complexity index is 427. The van der Waals surface area contributed by atoms with Gasteiger partial charge >= 0.3 is 0 Å². The molecule has 1 aromatic carbocycles. The minimum Gasteiger partial charge on any atom is -0.508 e. The zero-order valence-corrected chi connectivity index (χ0v) is 11.7. The summed E-state index contributed by atoms with van der Waals surface area (Å²) in [7, 11) is 0. The van der Waals surface area contributed by atoms with Gasteiger partial charge in [0.05, 0.1) is 6.10 Å². The Morgan fingerprint density at radius 3 is 2.65 bits per heavy atom. The SMILES string of the molecule is Cl.O=C(COc1ccc(O)cc1)NCC1CNCC1O. The number of amides is 1. The van der Waals surface area contributed by atoms with Gasteiger partial charge in [0.15, 0.2) is 6.61 Å². The molecule has 0 saturated carbocycles. The molecule has 2 rings (SSSR count). The van der Waals surface area contributed by atoms with Crippen LogP contribution in [0.3, 0.4) is 0 Å². The molecule has 0 aromatic heterocycles. The van der Waals surface area contributed by atoms with E-state index in [9.17, 15) is 9.90 Å². The van der Waals surface area contributed by atoms with Crippen molar-refractivity contribution in [2.75, 3.05) is 26.2 Å². The van der Waals surface area contributed by atoms with Crippen molar-refractivity contribution in [1.82, 2.24) is 10.6 Å². The van der Waals surface area contributed by atoms with E-state index in [0.29, 0.717) is 25.4 Å². The van der Waals surface area contributed by atoms with Crippen LogP contribution in [0.2, 0.25) is 0 Å². The molecule has 0 aliphatic carbocycles. The maximum absolute atomic E-state index is 11.6. The molecule has 1 fully saturated rings. The fraction of sp³-hybridized carbons (Fsp3) is 0.462. The molecule has 0 spiro atoms. The number of benzene rings is 1. The molecule has 1 aliphatic heterocycles. The van der Waals surface area contributed by atoms with E-state index in [2.05, 4.69) is 10.6 Å². The number of hydrogen-bond donors (Lipinski definition) is 4. The Balaban J connectivity index is 0.00000200. The van der Waals surface area contributed by atoms with Crippen molar-refractivity contribution in [3.63, 3.8) is 0 Å². The first-order valence-electron chi connectivity index (χ1n) is 6.22. The van der Waals surface area contributed by atoms with Crippen LogP contribution in [-0.2, 0) is 4.79 Å². The van der Waals surface area contributed by atoms with Gasteiger partial charge in [-0.2, -0.15) is 0 Å². The highest BCUT2D eigenvalue weighted by atomic mass is 35.5. The third kappa shape index (κ3) is 4.88. The molecule has 0 radical (unpaired) electrons. The number of phenols is 1. The van der Waals surface area contributed by atoms with Crippen molar-refractivity contribution < 1.29 is 19.7 Å². The summed E-state index contributed by atoms with van der Waals surface area (Å²) in [6, 6.07) is 6.17. The molecule has 20 heavy (non-hydrogen) atoms. The van der Waals surface area contributed by atoms with E-state index in [1.165, 1.54) is 12.1 Å². The number of nitrogens with one attached hydrogen (secondary N) is 2. The number of aliphatic hydroxyl groups excluding tert-OH is 1. The second-order valence-corrected chi connectivity index (χ2v) is 4.57. The topological polar surface area (TPSA) is 90.8 Å². The highest BCUT2D eigenvalue weighted by molar-refractivity contribution is 5.85. The molecule has 2 unspecified atom stereocenters. The quantitative estimate of drug-likeness (QED) is 0.609. The van der Waals surface area contributed by atoms with E-state index in [1.54, 1.807) is 12.1 Å². The molecular weight excluding hydrogens is 284 g/mol. The van der Waals surface area contributed by atoms with E-state index in [-0.39, 0.29) is 36.6 Å². The van der Waals surface area contributed by atoms with Gasteiger partial charge in [0.2, 0.25) is 0 Å². The van der Waals surface area contributed by atoms with Crippen molar-refractivity contribution in [2.24, 2.45) is 5.92 Å². The zero-order chi connectivity index (χ0) is 13.7. The number of phenolic OH excluding ortho intramolecular Hbond substituents is 1. The molecular formula is C13H19ClN2O4.